The molecule has 2 heterocycles. The van der Waals surface area contributed by atoms with Crippen molar-refractivity contribution in [3.63, 3.8) is 0 Å². The van der Waals surface area contributed by atoms with Crippen molar-refractivity contribution in [3.05, 3.63) is 75.2 Å². The lowest BCUT2D eigenvalue weighted by atomic mass is 9.90. The van der Waals surface area contributed by atoms with Gasteiger partial charge in [-0.1, -0.05) is 29.8 Å². The molecule has 1 aliphatic heterocycles. The molecule has 1 amide bonds. The number of hydrogen-bond acceptors (Lipinski definition) is 4. The minimum atomic E-state index is -3.81. The van der Waals surface area contributed by atoms with Crippen LogP contribution in [0.25, 0.3) is 0 Å². The number of anilines is 1. The fourth-order valence-electron chi connectivity index (χ4n) is 3.16. The van der Waals surface area contributed by atoms with Gasteiger partial charge in [0, 0.05) is 27.6 Å². The SMILES string of the molecule is O=C1CC(c2cc(Cl)ccc2F)c2scc(S(=O)(=O)c3ccccc3)c2N1. The molecule has 4 nitrogen and oxygen atoms in total. The van der Waals surface area contributed by atoms with Crippen LogP contribution in [0.2, 0.25) is 5.02 Å². The molecule has 1 N–H and O–H groups in total. The molecule has 1 aromatic heterocycles. The normalized spacial score (nSPS) is 16.7. The van der Waals surface area contributed by atoms with E-state index in [1.807, 2.05) is 0 Å². The molecule has 27 heavy (non-hydrogen) atoms. The fourth-order valence-corrected chi connectivity index (χ4v) is 6.26. The summed E-state index contributed by atoms with van der Waals surface area (Å²) in [5, 5.41) is 4.50. The molecule has 4 rings (SSSR count). The van der Waals surface area contributed by atoms with E-state index < -0.39 is 21.6 Å². The maximum atomic E-state index is 14.4. The van der Waals surface area contributed by atoms with Crippen LogP contribution < -0.4 is 5.32 Å². The molecule has 138 valence electrons. The predicted octanol–water partition coefficient (Wildman–Crippen LogP) is 4.85. The van der Waals surface area contributed by atoms with Gasteiger partial charge in [0.15, 0.2) is 0 Å². The molecule has 0 bridgehead atoms. The van der Waals surface area contributed by atoms with Crippen LogP contribution in [0.3, 0.4) is 0 Å². The predicted molar refractivity (Wildman–Crippen MR) is 103 cm³/mol. The Bertz CT molecular complexity index is 1140. The summed E-state index contributed by atoms with van der Waals surface area (Å²) < 4.78 is 40.4. The van der Waals surface area contributed by atoms with Crippen LogP contribution in [0, 0.1) is 5.82 Å². The number of sulfone groups is 1. The number of hydrogen-bond donors (Lipinski definition) is 1. The fraction of sp³-hybridized carbons (Fsp3) is 0.105. The monoisotopic (exact) mass is 421 g/mol. The first kappa shape index (κ1) is 18.2. The second-order valence-corrected chi connectivity index (χ2v) is 9.39. The second-order valence-electron chi connectivity index (χ2n) is 6.13. The Hall–Kier alpha value is -2.22. The Morgan fingerprint density at radius 2 is 1.89 bits per heavy atom. The molecular formula is C19H13ClFNO3S2. The summed E-state index contributed by atoms with van der Waals surface area (Å²) in [7, 11) is -3.81. The van der Waals surface area contributed by atoms with Crippen molar-refractivity contribution < 1.29 is 17.6 Å². The zero-order valence-corrected chi connectivity index (χ0v) is 16.2. The molecule has 0 saturated heterocycles. The molecule has 0 radical (unpaired) electrons. The van der Waals surface area contributed by atoms with Gasteiger partial charge < -0.3 is 5.32 Å². The van der Waals surface area contributed by atoms with Crippen molar-refractivity contribution in [1.29, 1.82) is 0 Å². The van der Waals surface area contributed by atoms with Crippen LogP contribution in [-0.4, -0.2) is 14.3 Å². The maximum Gasteiger partial charge on any atom is 0.225 e. The van der Waals surface area contributed by atoms with E-state index in [4.69, 9.17) is 11.6 Å². The molecule has 2 aromatic carbocycles. The van der Waals surface area contributed by atoms with Crippen molar-refractivity contribution in [2.45, 2.75) is 22.1 Å². The van der Waals surface area contributed by atoms with Gasteiger partial charge >= 0.3 is 0 Å². The van der Waals surface area contributed by atoms with E-state index in [1.165, 1.54) is 47.0 Å². The number of carbonyl (C=O) groups is 1. The summed E-state index contributed by atoms with van der Waals surface area (Å²) >= 11 is 7.19. The van der Waals surface area contributed by atoms with Gasteiger partial charge in [0.2, 0.25) is 15.7 Å². The number of amides is 1. The van der Waals surface area contributed by atoms with E-state index in [1.54, 1.807) is 18.2 Å². The van der Waals surface area contributed by atoms with Crippen LogP contribution in [0.4, 0.5) is 10.1 Å². The molecule has 0 saturated carbocycles. The van der Waals surface area contributed by atoms with E-state index >= 15 is 0 Å². The van der Waals surface area contributed by atoms with Crippen LogP contribution in [0.15, 0.2) is 63.7 Å². The van der Waals surface area contributed by atoms with Crippen molar-refractivity contribution in [2.24, 2.45) is 0 Å². The highest BCUT2D eigenvalue weighted by Gasteiger charge is 2.35. The lowest BCUT2D eigenvalue weighted by Gasteiger charge is -2.24. The number of carbonyl (C=O) groups excluding carboxylic acids is 1. The molecule has 3 aromatic rings. The van der Waals surface area contributed by atoms with Gasteiger partial charge in [0.25, 0.3) is 0 Å². The number of thiophene rings is 1. The molecule has 0 aliphatic carbocycles. The highest BCUT2D eigenvalue weighted by Crippen LogP contribution is 2.46. The quantitative estimate of drug-likeness (QED) is 0.657. The summed E-state index contributed by atoms with van der Waals surface area (Å²) in [5.41, 5.74) is 0.508. The van der Waals surface area contributed by atoms with Gasteiger partial charge in [-0.05, 0) is 35.9 Å². The Kier molecular flexibility index (Phi) is 4.53. The molecule has 8 heteroatoms. The highest BCUT2D eigenvalue weighted by molar-refractivity contribution is 7.91. The van der Waals surface area contributed by atoms with Crippen molar-refractivity contribution in [1.82, 2.24) is 0 Å². The molecule has 0 fully saturated rings. The van der Waals surface area contributed by atoms with Crippen molar-refractivity contribution in [3.8, 4) is 0 Å². The average molecular weight is 422 g/mol. The second kappa shape index (κ2) is 6.74. The lowest BCUT2D eigenvalue weighted by molar-refractivity contribution is -0.116. The van der Waals surface area contributed by atoms with Gasteiger partial charge in [-0.15, -0.1) is 11.3 Å². The van der Waals surface area contributed by atoms with Gasteiger partial charge in [-0.25, -0.2) is 12.8 Å². The maximum absolute atomic E-state index is 14.4. The molecular weight excluding hydrogens is 409 g/mol. The lowest BCUT2D eigenvalue weighted by Crippen LogP contribution is -2.24. The van der Waals surface area contributed by atoms with Crippen LogP contribution in [-0.2, 0) is 14.6 Å². The van der Waals surface area contributed by atoms with E-state index in [2.05, 4.69) is 5.32 Å². The third-order valence-corrected chi connectivity index (χ3v) is 7.71. The standard InChI is InChI=1S/C19H13ClFNO3S2/c20-11-6-7-15(21)13(8-11)14-9-17(23)22-18-16(10-26-19(14)18)27(24,25)12-4-2-1-3-5-12/h1-8,10,14H,9H2,(H,22,23). The van der Waals surface area contributed by atoms with Gasteiger partial charge in [0.1, 0.15) is 10.7 Å². The first-order valence-electron chi connectivity index (χ1n) is 8.04. The zero-order valence-electron chi connectivity index (χ0n) is 13.8. The third-order valence-electron chi connectivity index (χ3n) is 4.43. The van der Waals surface area contributed by atoms with Crippen LogP contribution >= 0.6 is 22.9 Å². The molecule has 1 unspecified atom stereocenters. The first-order valence-corrected chi connectivity index (χ1v) is 10.8. The zero-order chi connectivity index (χ0) is 19.2. The topological polar surface area (TPSA) is 63.2 Å². The summed E-state index contributed by atoms with van der Waals surface area (Å²) in [6.07, 6.45) is 0.0234. The van der Waals surface area contributed by atoms with Crippen LogP contribution in [0.1, 0.15) is 22.8 Å². The minimum Gasteiger partial charge on any atom is -0.324 e. The first-order chi connectivity index (χ1) is 12.9. The minimum absolute atomic E-state index is 0.0224. The summed E-state index contributed by atoms with van der Waals surface area (Å²) in [4.78, 5) is 13.0. The number of nitrogens with one attached hydrogen (secondary N) is 1. The van der Waals surface area contributed by atoms with Crippen molar-refractivity contribution >= 4 is 44.4 Å². The Morgan fingerprint density at radius 3 is 2.63 bits per heavy atom. The molecule has 1 aliphatic rings. The number of fused-ring (bicyclic) bond motifs is 1. The largest absolute Gasteiger partial charge is 0.324 e. The summed E-state index contributed by atoms with van der Waals surface area (Å²) in [5.74, 6) is -1.43. The summed E-state index contributed by atoms with van der Waals surface area (Å²) in [6, 6.07) is 12.2. The van der Waals surface area contributed by atoms with Gasteiger partial charge in [-0.2, -0.15) is 0 Å². The number of halogens is 2. The Morgan fingerprint density at radius 1 is 1.15 bits per heavy atom. The molecule has 1 atom stereocenters. The third kappa shape index (κ3) is 3.16. The number of benzene rings is 2. The van der Waals surface area contributed by atoms with E-state index in [0.717, 1.165) is 0 Å². The van der Waals surface area contributed by atoms with Crippen molar-refractivity contribution in [2.75, 3.05) is 5.32 Å². The van der Waals surface area contributed by atoms with Gasteiger partial charge in [-0.3, -0.25) is 4.79 Å². The smallest absolute Gasteiger partial charge is 0.225 e. The Balaban J connectivity index is 1.87. The van der Waals surface area contributed by atoms with E-state index in [9.17, 15) is 17.6 Å². The number of rotatable bonds is 3. The molecule has 0 spiro atoms. The van der Waals surface area contributed by atoms with E-state index in [0.29, 0.717) is 9.90 Å². The summed E-state index contributed by atoms with van der Waals surface area (Å²) in [6.45, 7) is 0. The average Bonchev–Trinajstić information content (AvgIpc) is 3.08. The van der Waals surface area contributed by atoms with E-state index in [-0.39, 0.29) is 33.4 Å². The van der Waals surface area contributed by atoms with Gasteiger partial charge in [0.05, 0.1) is 10.6 Å². The highest BCUT2D eigenvalue weighted by atomic mass is 35.5. The van der Waals surface area contributed by atoms with Crippen LogP contribution in [0.5, 0.6) is 0 Å². The Labute approximate surface area is 164 Å².